The molecule has 17 nitrogen and oxygen atoms in total. The number of aliphatic hydroxyl groups is 1. The van der Waals surface area contributed by atoms with Crippen LogP contribution in [-0.2, 0) is 65.4 Å². The van der Waals surface area contributed by atoms with E-state index in [1.54, 1.807) is 0 Å². The van der Waals surface area contributed by atoms with Gasteiger partial charge < -0.3 is 33.8 Å². The maximum absolute atomic E-state index is 13.1. The average Bonchev–Trinajstić information content (AvgIpc) is 1.00. The first-order chi connectivity index (χ1) is 48.7. The number of esters is 4. The number of phosphoric ester groups is 2. The number of hydrogen-bond donors (Lipinski definition) is 3. The van der Waals surface area contributed by atoms with Crippen LogP contribution in [0.5, 0.6) is 0 Å². The average molecular weight is 1450 g/mol. The molecule has 5 atom stereocenters. The van der Waals surface area contributed by atoms with Crippen molar-refractivity contribution in [3.63, 3.8) is 0 Å². The van der Waals surface area contributed by atoms with Crippen LogP contribution < -0.4 is 0 Å². The van der Waals surface area contributed by atoms with E-state index in [1.165, 1.54) is 12.8 Å². The fourth-order valence-electron chi connectivity index (χ4n) is 10.1. The standard InChI is InChI=1S/C81H138O17P2/c1-5-9-13-17-21-25-29-32-35-37-40-43-47-50-54-58-62-66-79(84)92-72-77(98-81(86)68-64-60-56-52-48-44-41-38-36-33-30-26-22-18-14-10-6-2)74-96-100(89,90)94-70-75(82)69-93-99(87,88)95-73-76(97-80(85)67-63-59-55-51-45-28-24-20-16-12-8-4)71-91-78(83)65-61-57-53-49-46-42-39-34-31-27-23-19-15-11-7-3/h9-11,13-15,20-27,32-36,39,75-77,82H,5-8,12,16-19,28-31,37-38,40-74H2,1-4H3,(H,87,88)(H,89,90)/b13-9-,14-10-,15-11-,24-20-,25-21-,26-22-,27-23-,35-32-,36-33-,39-34-. The zero-order valence-electron chi connectivity index (χ0n) is 62.6. The molecule has 0 aliphatic heterocycles. The van der Waals surface area contributed by atoms with Crippen LogP contribution in [0, 0.1) is 0 Å². The van der Waals surface area contributed by atoms with Crippen molar-refractivity contribution in [1.82, 2.24) is 0 Å². The molecular weight excluding hydrogens is 1310 g/mol. The Hall–Kier alpha value is -4.54. The highest BCUT2D eigenvalue weighted by molar-refractivity contribution is 7.47. The Bertz CT molecular complexity index is 2370. The highest BCUT2D eigenvalue weighted by atomic mass is 31.2. The molecule has 0 aromatic rings. The molecule has 0 aliphatic carbocycles. The number of aliphatic hydroxyl groups excluding tert-OH is 1. The number of phosphoric acid groups is 2. The lowest BCUT2D eigenvalue weighted by atomic mass is 10.1. The lowest BCUT2D eigenvalue weighted by Gasteiger charge is -2.21. The van der Waals surface area contributed by atoms with Crippen molar-refractivity contribution >= 4 is 39.5 Å². The molecule has 0 heterocycles. The summed E-state index contributed by atoms with van der Waals surface area (Å²) < 4.78 is 68.5. The Morgan fingerprint density at radius 1 is 0.290 bits per heavy atom. The molecule has 0 aromatic carbocycles. The van der Waals surface area contributed by atoms with Gasteiger partial charge in [0.1, 0.15) is 19.3 Å². The van der Waals surface area contributed by atoms with Crippen molar-refractivity contribution < 1.29 is 80.2 Å². The van der Waals surface area contributed by atoms with Crippen molar-refractivity contribution in [2.75, 3.05) is 39.6 Å². The fraction of sp³-hybridized carbons (Fsp3) is 0.704. The minimum absolute atomic E-state index is 0.0789. The third-order valence-corrected chi connectivity index (χ3v) is 17.8. The van der Waals surface area contributed by atoms with Crippen molar-refractivity contribution in [3.05, 3.63) is 122 Å². The maximum Gasteiger partial charge on any atom is 0.472 e. The predicted octanol–water partition coefficient (Wildman–Crippen LogP) is 22.3. The topological polar surface area (TPSA) is 237 Å². The van der Waals surface area contributed by atoms with E-state index in [9.17, 15) is 43.2 Å². The minimum atomic E-state index is -4.98. The van der Waals surface area contributed by atoms with Gasteiger partial charge in [-0.25, -0.2) is 9.13 Å². The SMILES string of the molecule is CC/C=C\C/C=C\C/C=C\CCCCCCCCCC(=O)OCC(COP(=O)(O)OCC(O)COP(=O)(O)OCC(COC(=O)CCCCCCC/C=C\C/C=C\C/C=C\CC)OC(=O)CCCCCCC/C=C\CCCC)OC(=O)CCCCCCCCC/C=C\C/C=C\C/C=C\CC. The number of unbranched alkanes of at least 4 members (excludes halogenated alkanes) is 26. The summed E-state index contributed by atoms with van der Waals surface area (Å²) in [6.45, 7) is 4.46. The molecule has 0 saturated carbocycles. The Kier molecular flexibility index (Phi) is 69.5. The van der Waals surface area contributed by atoms with Crippen LogP contribution in [0.25, 0.3) is 0 Å². The van der Waals surface area contributed by atoms with E-state index < -0.39 is 97.5 Å². The molecular formula is C81H138O17P2. The molecule has 0 aromatic heterocycles. The quantitative estimate of drug-likeness (QED) is 0.0169. The van der Waals surface area contributed by atoms with Gasteiger partial charge in [0.15, 0.2) is 12.2 Å². The minimum Gasteiger partial charge on any atom is -0.462 e. The Morgan fingerprint density at radius 3 is 0.810 bits per heavy atom. The molecule has 0 bridgehead atoms. The Labute approximate surface area is 606 Å². The van der Waals surface area contributed by atoms with Crippen LogP contribution in [0.1, 0.15) is 310 Å². The molecule has 5 unspecified atom stereocenters. The second-order valence-corrected chi connectivity index (χ2v) is 28.4. The second-order valence-electron chi connectivity index (χ2n) is 25.5. The Morgan fingerprint density at radius 2 is 0.520 bits per heavy atom. The summed E-state index contributed by atoms with van der Waals surface area (Å²) in [4.78, 5) is 72.9. The van der Waals surface area contributed by atoms with Crippen molar-refractivity contribution in [3.8, 4) is 0 Å². The highest BCUT2D eigenvalue weighted by Gasteiger charge is 2.30. The van der Waals surface area contributed by atoms with E-state index in [0.717, 1.165) is 218 Å². The highest BCUT2D eigenvalue weighted by Crippen LogP contribution is 2.45. The van der Waals surface area contributed by atoms with Crippen molar-refractivity contribution in [1.29, 1.82) is 0 Å². The number of ether oxygens (including phenoxy) is 4. The number of carbonyl (C=O) groups is 4. The molecule has 3 N–H and O–H groups in total. The van der Waals surface area contributed by atoms with Crippen LogP contribution >= 0.6 is 15.6 Å². The molecule has 0 rings (SSSR count). The summed E-state index contributed by atoms with van der Waals surface area (Å²) >= 11 is 0. The summed E-state index contributed by atoms with van der Waals surface area (Å²) in [5, 5.41) is 10.6. The molecule has 0 radical (unpaired) electrons. The van der Waals surface area contributed by atoms with Gasteiger partial charge in [0.25, 0.3) is 0 Å². The van der Waals surface area contributed by atoms with Gasteiger partial charge in [-0.3, -0.25) is 37.3 Å². The number of hydrogen-bond acceptors (Lipinski definition) is 15. The molecule has 574 valence electrons. The maximum atomic E-state index is 13.1. The third kappa shape index (κ3) is 71.8. The van der Waals surface area contributed by atoms with E-state index in [1.807, 2.05) is 0 Å². The van der Waals surface area contributed by atoms with Crippen LogP contribution in [0.4, 0.5) is 0 Å². The number of carbonyl (C=O) groups excluding carboxylic acids is 4. The first-order valence-corrected chi connectivity index (χ1v) is 41.8. The summed E-state index contributed by atoms with van der Waals surface area (Å²) in [6.07, 6.45) is 79.0. The van der Waals surface area contributed by atoms with Gasteiger partial charge in [-0.05, 0) is 141 Å². The van der Waals surface area contributed by atoms with Crippen LogP contribution in [0.2, 0.25) is 0 Å². The lowest BCUT2D eigenvalue weighted by molar-refractivity contribution is -0.161. The molecule has 0 saturated heterocycles. The zero-order chi connectivity index (χ0) is 73.2. The van der Waals surface area contributed by atoms with E-state index >= 15 is 0 Å². The third-order valence-electron chi connectivity index (χ3n) is 15.9. The normalized spacial score (nSPS) is 14.6. The molecule has 19 heteroatoms. The molecule has 0 aliphatic rings. The van der Waals surface area contributed by atoms with Gasteiger partial charge >= 0.3 is 39.5 Å². The van der Waals surface area contributed by atoms with Crippen LogP contribution in [0.3, 0.4) is 0 Å². The van der Waals surface area contributed by atoms with Gasteiger partial charge in [-0.1, -0.05) is 265 Å². The predicted molar refractivity (Wildman–Crippen MR) is 408 cm³/mol. The first kappa shape index (κ1) is 95.5. The lowest BCUT2D eigenvalue weighted by Crippen LogP contribution is -2.30. The monoisotopic (exact) mass is 1440 g/mol. The number of allylic oxidation sites excluding steroid dienone is 20. The second kappa shape index (κ2) is 72.8. The molecule has 0 fully saturated rings. The summed E-state index contributed by atoms with van der Waals surface area (Å²) in [6, 6.07) is 0. The van der Waals surface area contributed by atoms with Gasteiger partial charge in [0.05, 0.1) is 26.4 Å². The molecule has 0 amide bonds. The van der Waals surface area contributed by atoms with E-state index in [0.29, 0.717) is 25.7 Å². The van der Waals surface area contributed by atoms with E-state index in [4.69, 9.17) is 37.0 Å². The van der Waals surface area contributed by atoms with Crippen LogP contribution in [0.15, 0.2) is 122 Å². The largest absolute Gasteiger partial charge is 0.472 e. The van der Waals surface area contributed by atoms with E-state index in [2.05, 4.69) is 149 Å². The fourth-order valence-corrected chi connectivity index (χ4v) is 11.6. The smallest absolute Gasteiger partial charge is 0.462 e. The first-order valence-electron chi connectivity index (χ1n) is 38.8. The van der Waals surface area contributed by atoms with Crippen molar-refractivity contribution in [2.24, 2.45) is 0 Å². The summed E-state index contributed by atoms with van der Waals surface area (Å²) in [5.74, 6) is -2.22. The summed E-state index contributed by atoms with van der Waals surface area (Å²) in [7, 11) is -9.96. The zero-order valence-corrected chi connectivity index (χ0v) is 64.4. The Balaban J connectivity index is 5.36. The van der Waals surface area contributed by atoms with Crippen LogP contribution in [-0.4, -0.2) is 96.7 Å². The molecule has 100 heavy (non-hydrogen) atoms. The number of rotatable bonds is 72. The summed E-state index contributed by atoms with van der Waals surface area (Å²) in [5.41, 5.74) is 0. The van der Waals surface area contributed by atoms with E-state index in [-0.39, 0.29) is 25.7 Å². The van der Waals surface area contributed by atoms with Gasteiger partial charge in [-0.15, -0.1) is 0 Å². The van der Waals surface area contributed by atoms with Crippen molar-refractivity contribution in [2.45, 2.75) is 329 Å². The molecule has 0 spiro atoms. The van der Waals surface area contributed by atoms with Gasteiger partial charge in [0, 0.05) is 25.7 Å². The van der Waals surface area contributed by atoms with Gasteiger partial charge in [-0.2, -0.15) is 0 Å². The van der Waals surface area contributed by atoms with Gasteiger partial charge in [0.2, 0.25) is 0 Å².